The molecule has 21 heavy (non-hydrogen) atoms. The molecule has 2 aromatic rings. The van der Waals surface area contributed by atoms with E-state index in [2.05, 4.69) is 19.9 Å². The minimum absolute atomic E-state index is 0.150. The fraction of sp³-hybridized carbons (Fsp3) is 0.353. The zero-order valence-corrected chi connectivity index (χ0v) is 13.0. The molecule has 110 valence electrons. The molecular weight excluding hydrogens is 262 g/mol. The molecule has 0 saturated carbocycles. The van der Waals surface area contributed by atoms with Crippen molar-refractivity contribution in [3.8, 4) is 17.7 Å². The second kappa shape index (κ2) is 5.92. The highest BCUT2D eigenvalue weighted by atomic mass is 16.5. The maximum atomic E-state index is 9.28. The van der Waals surface area contributed by atoms with Crippen LogP contribution < -0.4 is 10.5 Å². The molecule has 0 bridgehead atoms. The molecule has 0 spiro atoms. The fourth-order valence-electron chi connectivity index (χ4n) is 2.26. The minimum atomic E-state index is 0.150. The molecule has 4 heteroatoms. The third-order valence-corrected chi connectivity index (χ3v) is 3.71. The van der Waals surface area contributed by atoms with Gasteiger partial charge in [0.15, 0.2) is 0 Å². The van der Waals surface area contributed by atoms with Gasteiger partial charge in [-0.15, -0.1) is 0 Å². The number of hydrogen-bond acceptors (Lipinski definition) is 3. The topological polar surface area (TPSA) is 64.0 Å². The molecule has 0 radical (unpaired) electrons. The SMILES string of the molecule is CCC(C)n1c(C#N)cc(N)c1Oc1cc(C)ccc1C. The minimum Gasteiger partial charge on any atom is -0.438 e. The number of hydrogen-bond donors (Lipinski definition) is 1. The van der Waals surface area contributed by atoms with Crippen LogP contribution in [0, 0.1) is 25.2 Å². The van der Waals surface area contributed by atoms with Gasteiger partial charge >= 0.3 is 0 Å². The average Bonchev–Trinajstić information content (AvgIpc) is 2.78. The third kappa shape index (κ3) is 2.87. The lowest BCUT2D eigenvalue weighted by Crippen LogP contribution is -2.08. The summed E-state index contributed by atoms with van der Waals surface area (Å²) in [6.45, 7) is 8.14. The van der Waals surface area contributed by atoms with Gasteiger partial charge in [-0.1, -0.05) is 19.1 Å². The van der Waals surface area contributed by atoms with E-state index in [9.17, 15) is 5.26 Å². The van der Waals surface area contributed by atoms with Crippen LogP contribution in [-0.2, 0) is 0 Å². The molecule has 0 fully saturated rings. The molecule has 4 nitrogen and oxygen atoms in total. The van der Waals surface area contributed by atoms with Crippen LogP contribution in [0.3, 0.4) is 0 Å². The molecule has 1 atom stereocenters. The summed E-state index contributed by atoms with van der Waals surface area (Å²) < 4.78 is 7.92. The third-order valence-electron chi connectivity index (χ3n) is 3.71. The maximum Gasteiger partial charge on any atom is 0.224 e. The van der Waals surface area contributed by atoms with Crippen LogP contribution >= 0.6 is 0 Å². The predicted molar refractivity (Wildman–Crippen MR) is 84.6 cm³/mol. The van der Waals surface area contributed by atoms with Crippen LogP contribution in [0.25, 0.3) is 0 Å². The Kier molecular flexibility index (Phi) is 4.23. The van der Waals surface area contributed by atoms with Gasteiger partial charge in [0.05, 0.1) is 5.69 Å². The fourth-order valence-corrected chi connectivity index (χ4v) is 2.26. The van der Waals surface area contributed by atoms with Gasteiger partial charge in [0.25, 0.3) is 0 Å². The molecule has 1 heterocycles. The first-order valence-electron chi connectivity index (χ1n) is 7.13. The van der Waals surface area contributed by atoms with E-state index < -0.39 is 0 Å². The molecule has 2 rings (SSSR count). The summed E-state index contributed by atoms with van der Waals surface area (Å²) in [4.78, 5) is 0. The largest absolute Gasteiger partial charge is 0.438 e. The quantitative estimate of drug-likeness (QED) is 0.908. The lowest BCUT2D eigenvalue weighted by molar-refractivity contribution is 0.395. The van der Waals surface area contributed by atoms with E-state index in [0.29, 0.717) is 17.3 Å². The van der Waals surface area contributed by atoms with E-state index in [0.717, 1.165) is 23.3 Å². The molecule has 1 unspecified atom stereocenters. The second-order valence-electron chi connectivity index (χ2n) is 5.40. The Morgan fingerprint density at radius 2 is 2.05 bits per heavy atom. The van der Waals surface area contributed by atoms with E-state index in [1.165, 1.54) is 0 Å². The first-order valence-corrected chi connectivity index (χ1v) is 7.13. The van der Waals surface area contributed by atoms with Gasteiger partial charge in [0.1, 0.15) is 17.5 Å². The molecule has 2 N–H and O–H groups in total. The van der Waals surface area contributed by atoms with E-state index in [1.54, 1.807) is 6.07 Å². The van der Waals surface area contributed by atoms with Crippen LogP contribution in [0.15, 0.2) is 24.3 Å². The molecule has 0 aliphatic rings. The summed E-state index contributed by atoms with van der Waals surface area (Å²) in [7, 11) is 0. The molecule has 0 amide bonds. The number of anilines is 1. The van der Waals surface area contributed by atoms with Crippen LogP contribution in [0.5, 0.6) is 11.6 Å². The number of aromatic nitrogens is 1. The number of nitrogen functional groups attached to an aromatic ring is 1. The molecule has 0 aliphatic carbocycles. The van der Waals surface area contributed by atoms with Gasteiger partial charge in [-0.2, -0.15) is 5.26 Å². The molecule has 0 saturated heterocycles. The van der Waals surface area contributed by atoms with Crippen molar-refractivity contribution in [3.05, 3.63) is 41.1 Å². The Hall–Kier alpha value is -2.41. The number of nitrogens with zero attached hydrogens (tertiary/aromatic N) is 2. The zero-order valence-electron chi connectivity index (χ0n) is 13.0. The van der Waals surface area contributed by atoms with Crippen molar-refractivity contribution < 1.29 is 4.74 Å². The monoisotopic (exact) mass is 283 g/mol. The Balaban J connectivity index is 2.51. The number of nitriles is 1. The molecule has 1 aromatic heterocycles. The zero-order chi connectivity index (χ0) is 15.6. The van der Waals surface area contributed by atoms with Crippen LogP contribution in [-0.4, -0.2) is 4.57 Å². The summed E-state index contributed by atoms with van der Waals surface area (Å²) in [6.07, 6.45) is 0.895. The summed E-state index contributed by atoms with van der Waals surface area (Å²) in [6, 6.07) is 10.0. The van der Waals surface area contributed by atoms with Crippen molar-refractivity contribution in [1.29, 1.82) is 5.26 Å². The van der Waals surface area contributed by atoms with E-state index in [-0.39, 0.29) is 6.04 Å². The Labute approximate surface area is 125 Å². The lowest BCUT2D eigenvalue weighted by atomic mass is 10.1. The summed E-state index contributed by atoms with van der Waals surface area (Å²) in [5, 5.41) is 9.28. The van der Waals surface area contributed by atoms with Gasteiger partial charge in [-0.25, -0.2) is 0 Å². The number of benzene rings is 1. The van der Waals surface area contributed by atoms with E-state index in [4.69, 9.17) is 10.5 Å². The Bertz CT molecular complexity index is 695. The first kappa shape index (κ1) is 15.0. The highest BCUT2D eigenvalue weighted by Crippen LogP contribution is 2.36. The summed E-state index contributed by atoms with van der Waals surface area (Å²) >= 11 is 0. The predicted octanol–water partition coefficient (Wildman–Crippen LogP) is 4.32. The van der Waals surface area contributed by atoms with Gasteiger partial charge in [-0.05, 0) is 44.4 Å². The number of ether oxygens (including phenoxy) is 1. The average molecular weight is 283 g/mol. The number of nitrogens with two attached hydrogens (primary N) is 1. The Morgan fingerprint density at radius 1 is 1.33 bits per heavy atom. The van der Waals surface area contributed by atoms with Crippen molar-refractivity contribution in [3.63, 3.8) is 0 Å². The van der Waals surface area contributed by atoms with E-state index >= 15 is 0 Å². The van der Waals surface area contributed by atoms with Crippen molar-refractivity contribution in [2.75, 3.05) is 5.73 Å². The standard InChI is InChI=1S/C17H21N3O/c1-5-13(4)20-14(10-18)9-15(19)17(20)21-16-8-11(2)6-7-12(16)3/h6-9,13H,5,19H2,1-4H3. The molecule has 1 aromatic carbocycles. The van der Waals surface area contributed by atoms with Gasteiger partial charge in [-0.3, -0.25) is 4.57 Å². The smallest absolute Gasteiger partial charge is 0.224 e. The first-order chi connectivity index (χ1) is 9.97. The van der Waals surface area contributed by atoms with Gasteiger partial charge in [0, 0.05) is 12.1 Å². The highest BCUT2D eigenvalue weighted by Gasteiger charge is 2.19. The maximum absolute atomic E-state index is 9.28. The van der Waals surface area contributed by atoms with Crippen molar-refractivity contribution in [1.82, 2.24) is 4.57 Å². The normalized spacial score (nSPS) is 12.0. The highest BCUT2D eigenvalue weighted by molar-refractivity contribution is 5.57. The van der Waals surface area contributed by atoms with Crippen LogP contribution in [0.1, 0.15) is 43.1 Å². The number of aryl methyl sites for hydroxylation is 2. The van der Waals surface area contributed by atoms with Gasteiger partial charge in [0.2, 0.25) is 5.88 Å². The second-order valence-corrected chi connectivity index (χ2v) is 5.40. The summed E-state index contributed by atoms with van der Waals surface area (Å²) in [5.74, 6) is 1.32. The molecule has 0 aliphatic heterocycles. The van der Waals surface area contributed by atoms with Crippen molar-refractivity contribution >= 4 is 5.69 Å². The van der Waals surface area contributed by atoms with Crippen molar-refractivity contribution in [2.24, 2.45) is 0 Å². The lowest BCUT2D eigenvalue weighted by Gasteiger charge is -2.18. The summed E-state index contributed by atoms with van der Waals surface area (Å²) in [5.41, 5.74) is 9.23. The van der Waals surface area contributed by atoms with Crippen LogP contribution in [0.4, 0.5) is 5.69 Å². The van der Waals surface area contributed by atoms with Gasteiger partial charge < -0.3 is 10.5 Å². The van der Waals surface area contributed by atoms with E-state index in [1.807, 2.05) is 36.6 Å². The number of rotatable bonds is 4. The molecular formula is C17H21N3O. The van der Waals surface area contributed by atoms with Crippen molar-refractivity contribution in [2.45, 2.75) is 40.2 Å². The van der Waals surface area contributed by atoms with Crippen LogP contribution in [0.2, 0.25) is 0 Å². The Morgan fingerprint density at radius 3 is 2.67 bits per heavy atom.